The molecule has 0 aliphatic carbocycles. The Labute approximate surface area is 255 Å². The number of nitrogens with zero attached hydrogens (tertiary/aromatic N) is 1. The fourth-order valence-corrected chi connectivity index (χ4v) is 5.55. The van der Waals surface area contributed by atoms with Crippen LogP contribution in [0.15, 0.2) is 60.8 Å². The molecule has 1 heterocycles. The van der Waals surface area contributed by atoms with Gasteiger partial charge in [0.1, 0.15) is 24.3 Å². The smallest absolute Gasteiger partial charge is 0.416 e. The number of ether oxygens (including phenoxy) is 2. The molecule has 2 aromatic rings. The van der Waals surface area contributed by atoms with Crippen molar-refractivity contribution in [2.75, 3.05) is 13.7 Å². The van der Waals surface area contributed by atoms with Crippen LogP contribution in [0.4, 0.5) is 18.0 Å². The molecule has 1 aliphatic heterocycles. The molecule has 44 heavy (non-hydrogen) atoms. The van der Waals surface area contributed by atoms with Crippen LogP contribution in [-0.4, -0.2) is 61.3 Å². The van der Waals surface area contributed by atoms with Gasteiger partial charge in [0.2, 0.25) is 0 Å². The Kier molecular flexibility index (Phi) is 12.7. The van der Waals surface area contributed by atoms with Gasteiger partial charge in [-0.1, -0.05) is 31.2 Å². The van der Waals surface area contributed by atoms with E-state index in [1.165, 1.54) is 36.4 Å². The number of amides is 2. The van der Waals surface area contributed by atoms with Gasteiger partial charge in [-0.3, -0.25) is 14.5 Å². The van der Waals surface area contributed by atoms with Crippen molar-refractivity contribution in [2.45, 2.75) is 64.8 Å². The molecule has 3 unspecified atom stereocenters. The van der Waals surface area contributed by atoms with Crippen molar-refractivity contribution in [3.05, 3.63) is 66.4 Å². The molecule has 0 radical (unpaired) electrons. The number of urea groups is 1. The van der Waals surface area contributed by atoms with Crippen molar-refractivity contribution >= 4 is 26.8 Å². The predicted octanol–water partition coefficient (Wildman–Crippen LogP) is 6.03. The Hall–Kier alpha value is -3.51. The van der Waals surface area contributed by atoms with E-state index in [9.17, 15) is 27.6 Å². The normalized spacial score (nSPS) is 19.9. The number of benzene rings is 2. The molecule has 2 amide bonds. The van der Waals surface area contributed by atoms with Crippen LogP contribution in [-0.2, 0) is 29.8 Å². The first kappa shape index (κ1) is 35.0. The van der Waals surface area contributed by atoms with E-state index < -0.39 is 50.6 Å². The molecular formula is C30H37F3N3O7P. The minimum atomic E-state index is -4.42. The molecule has 0 aromatic heterocycles. The first-order valence-electron chi connectivity index (χ1n) is 13.9. The number of carbonyl (C=O) groups is 3. The number of hydrogen-bond acceptors (Lipinski definition) is 8. The Balaban J connectivity index is 1.71. The fraction of sp³-hybridized carbons (Fsp3) is 0.433. The van der Waals surface area contributed by atoms with Gasteiger partial charge >= 0.3 is 26.7 Å². The zero-order valence-electron chi connectivity index (χ0n) is 25.0. The summed E-state index contributed by atoms with van der Waals surface area (Å²) in [6.45, 7) is 7.06. The Morgan fingerprint density at radius 1 is 1.09 bits per heavy atom. The van der Waals surface area contributed by atoms with Gasteiger partial charge in [-0.2, -0.15) is 13.2 Å². The lowest BCUT2D eigenvalue weighted by Gasteiger charge is -2.28. The highest BCUT2D eigenvalue weighted by atomic mass is 31.2. The second kappa shape index (κ2) is 16.0. The minimum Gasteiger partial charge on any atom is -0.462 e. The summed E-state index contributed by atoms with van der Waals surface area (Å²) in [5.41, 5.74) is 0.551. The summed E-state index contributed by atoms with van der Waals surface area (Å²) < 4.78 is 62.3. The fourth-order valence-electron chi connectivity index (χ4n) is 4.33. The van der Waals surface area contributed by atoms with E-state index in [-0.39, 0.29) is 18.6 Å². The average molecular weight is 640 g/mol. The van der Waals surface area contributed by atoms with Crippen molar-refractivity contribution in [3.63, 3.8) is 0 Å². The highest BCUT2D eigenvalue weighted by molar-refractivity contribution is 7.45. The van der Waals surface area contributed by atoms with Crippen LogP contribution in [0, 0.1) is 5.92 Å². The standard InChI is InChI=1S/C30H37F3N3O7P/c1-19(2)41-28(38)21(4)35-44(40-18-26-17-20(3)27(42-26)36(15-6-16-37)29(39)34-5)43-25-13-9-23(10-14-25)22-7-11-24(12-8-22)30(31,32)33/h6-16,19-21,26-27,35H,17-18H2,1-5H3,(H,34,39)/b15-6-/t20-,21-,26?,27?,44?/m0/s1. The third kappa shape index (κ3) is 10.0. The molecule has 240 valence electrons. The number of allylic oxidation sites excluding steroid dienone is 1. The van der Waals surface area contributed by atoms with Gasteiger partial charge < -0.3 is 23.8 Å². The molecule has 14 heteroatoms. The van der Waals surface area contributed by atoms with Crippen LogP contribution in [0.5, 0.6) is 5.75 Å². The number of hydrogen-bond donors (Lipinski definition) is 2. The molecule has 10 nitrogen and oxygen atoms in total. The molecule has 3 rings (SSSR count). The van der Waals surface area contributed by atoms with Gasteiger partial charge in [0.05, 0.1) is 24.4 Å². The monoisotopic (exact) mass is 639 g/mol. The van der Waals surface area contributed by atoms with Gasteiger partial charge in [-0.15, -0.1) is 0 Å². The first-order valence-corrected chi connectivity index (χ1v) is 15.1. The summed E-state index contributed by atoms with van der Waals surface area (Å²) >= 11 is 0. The molecular weight excluding hydrogens is 602 g/mol. The Morgan fingerprint density at radius 2 is 1.70 bits per heavy atom. The number of halogens is 3. The largest absolute Gasteiger partial charge is 0.462 e. The number of alkyl halides is 3. The zero-order valence-corrected chi connectivity index (χ0v) is 25.9. The van der Waals surface area contributed by atoms with Crippen LogP contribution >= 0.6 is 8.53 Å². The van der Waals surface area contributed by atoms with Crippen LogP contribution in [0.3, 0.4) is 0 Å². The molecule has 1 saturated heterocycles. The molecule has 2 N–H and O–H groups in total. The maximum atomic E-state index is 12.9. The highest BCUT2D eigenvalue weighted by Gasteiger charge is 2.38. The van der Waals surface area contributed by atoms with Crippen LogP contribution in [0.1, 0.15) is 39.7 Å². The average Bonchev–Trinajstić information content (AvgIpc) is 3.35. The minimum absolute atomic E-state index is 0.0636. The quantitative estimate of drug-likeness (QED) is 0.118. The molecule has 1 aliphatic rings. The van der Waals surface area contributed by atoms with Gasteiger partial charge in [0.25, 0.3) is 0 Å². The Morgan fingerprint density at radius 3 is 2.25 bits per heavy atom. The summed E-state index contributed by atoms with van der Waals surface area (Å²) in [7, 11) is -0.435. The third-order valence-electron chi connectivity index (χ3n) is 6.47. The predicted molar refractivity (Wildman–Crippen MR) is 158 cm³/mol. The van der Waals surface area contributed by atoms with E-state index in [1.807, 2.05) is 6.92 Å². The van der Waals surface area contributed by atoms with E-state index in [0.29, 0.717) is 29.6 Å². The molecule has 0 spiro atoms. The van der Waals surface area contributed by atoms with E-state index in [2.05, 4.69) is 10.4 Å². The SMILES string of the molecule is CNC(=O)N(/C=C\C=O)C1OC(COP(N[C@@H](C)C(=O)OC(C)C)Oc2ccc(-c3ccc(C(F)(F)F)cc3)cc2)C[C@@H]1C. The topological polar surface area (TPSA) is 115 Å². The number of carbonyl (C=O) groups excluding carboxylic acids is 3. The lowest BCUT2D eigenvalue weighted by molar-refractivity contribution is -0.149. The van der Waals surface area contributed by atoms with Gasteiger partial charge in [-0.25, -0.2) is 9.88 Å². The van der Waals surface area contributed by atoms with Gasteiger partial charge in [-0.05, 0) is 68.7 Å². The number of aldehydes is 1. The van der Waals surface area contributed by atoms with E-state index in [1.54, 1.807) is 45.0 Å². The first-order chi connectivity index (χ1) is 20.8. The summed E-state index contributed by atoms with van der Waals surface area (Å²) in [4.78, 5) is 37.0. The van der Waals surface area contributed by atoms with Crippen molar-refractivity contribution in [1.29, 1.82) is 0 Å². The van der Waals surface area contributed by atoms with E-state index in [0.717, 1.165) is 12.1 Å². The van der Waals surface area contributed by atoms with Crippen molar-refractivity contribution in [1.82, 2.24) is 15.3 Å². The third-order valence-corrected chi connectivity index (χ3v) is 7.83. The number of esters is 1. The van der Waals surface area contributed by atoms with Crippen molar-refractivity contribution in [3.8, 4) is 16.9 Å². The van der Waals surface area contributed by atoms with Crippen molar-refractivity contribution < 1.29 is 46.1 Å². The lowest BCUT2D eigenvalue weighted by atomic mass is 10.0. The summed E-state index contributed by atoms with van der Waals surface area (Å²) in [6, 6.07) is 10.3. The van der Waals surface area contributed by atoms with Gasteiger partial charge in [0, 0.05) is 19.2 Å². The summed E-state index contributed by atoms with van der Waals surface area (Å²) in [6.07, 6.45) is -2.15. The van der Waals surface area contributed by atoms with E-state index >= 15 is 0 Å². The molecule has 0 bridgehead atoms. The number of rotatable bonds is 13. The van der Waals surface area contributed by atoms with Crippen LogP contribution in [0.25, 0.3) is 11.1 Å². The second-order valence-electron chi connectivity index (χ2n) is 10.4. The maximum Gasteiger partial charge on any atom is 0.416 e. The zero-order chi connectivity index (χ0) is 32.4. The molecule has 5 atom stereocenters. The molecule has 2 aromatic carbocycles. The summed E-state index contributed by atoms with van der Waals surface area (Å²) in [5.74, 6) is -0.187. The Bertz CT molecular complexity index is 1280. The van der Waals surface area contributed by atoms with E-state index in [4.69, 9.17) is 18.5 Å². The maximum absolute atomic E-state index is 12.9. The second-order valence-corrected chi connectivity index (χ2v) is 11.6. The molecule has 1 fully saturated rings. The van der Waals surface area contributed by atoms with Crippen LogP contribution in [0.2, 0.25) is 0 Å². The van der Waals surface area contributed by atoms with Gasteiger partial charge in [0.15, 0.2) is 0 Å². The highest BCUT2D eigenvalue weighted by Crippen LogP contribution is 2.39. The summed E-state index contributed by atoms with van der Waals surface area (Å²) in [5, 5.41) is 5.55. The van der Waals surface area contributed by atoms with Crippen LogP contribution < -0.4 is 14.9 Å². The number of nitrogens with one attached hydrogen (secondary N) is 2. The van der Waals surface area contributed by atoms with Crippen molar-refractivity contribution in [2.24, 2.45) is 5.92 Å². The lowest BCUT2D eigenvalue weighted by Crippen LogP contribution is -2.44. The molecule has 0 saturated carbocycles.